The number of aryl methyl sites for hydroxylation is 2. The molecule has 3 aromatic carbocycles. The van der Waals surface area contributed by atoms with Crippen molar-refractivity contribution in [2.45, 2.75) is 82.8 Å². The summed E-state index contributed by atoms with van der Waals surface area (Å²) in [6.45, 7) is 4.99. The smallest absolute Gasteiger partial charge is 0.264 e. The maximum atomic E-state index is 14.3. The number of nitrogens with one attached hydrogen (secondary N) is 1. The van der Waals surface area contributed by atoms with Crippen molar-refractivity contribution >= 4 is 50.7 Å². The van der Waals surface area contributed by atoms with Crippen molar-refractivity contribution in [3.05, 3.63) is 93.5 Å². The van der Waals surface area contributed by atoms with E-state index in [1.807, 2.05) is 19.9 Å². The molecule has 2 amide bonds. The fraction of sp³-hybridized carbons (Fsp3) is 0.394. The zero-order valence-electron chi connectivity index (χ0n) is 24.9. The Balaban J connectivity index is 1.74. The molecule has 7 nitrogen and oxygen atoms in total. The quantitative estimate of drug-likeness (QED) is 0.242. The first-order valence-corrected chi connectivity index (χ1v) is 16.9. The lowest BCUT2D eigenvalue weighted by Crippen LogP contribution is -2.54. The summed E-state index contributed by atoms with van der Waals surface area (Å²) in [6.07, 6.45) is 5.39. The van der Waals surface area contributed by atoms with E-state index in [-0.39, 0.29) is 23.4 Å². The van der Waals surface area contributed by atoms with E-state index in [1.165, 1.54) is 17.0 Å². The molecule has 1 fully saturated rings. The molecular weight excluding hydrogens is 605 g/mol. The number of carbonyl (C=O) groups is 2. The summed E-state index contributed by atoms with van der Waals surface area (Å²) < 4.78 is 29.3. The predicted octanol–water partition coefficient (Wildman–Crippen LogP) is 7.06. The van der Waals surface area contributed by atoms with Crippen molar-refractivity contribution in [2.24, 2.45) is 0 Å². The molecule has 0 aromatic heterocycles. The van der Waals surface area contributed by atoms with E-state index in [0.717, 1.165) is 42.0 Å². The third-order valence-corrected chi connectivity index (χ3v) is 10.3. The number of rotatable bonds is 11. The van der Waals surface area contributed by atoms with Gasteiger partial charge in [0.05, 0.1) is 10.6 Å². The number of carbonyl (C=O) groups excluding carboxylic acids is 2. The number of amides is 2. The molecule has 4 rings (SSSR count). The summed E-state index contributed by atoms with van der Waals surface area (Å²) in [6, 6.07) is 17.8. The van der Waals surface area contributed by atoms with Crippen LogP contribution in [0.1, 0.15) is 62.1 Å². The summed E-state index contributed by atoms with van der Waals surface area (Å²) in [4.78, 5) is 29.5. The third-order valence-electron chi connectivity index (χ3n) is 7.96. The molecule has 43 heavy (non-hydrogen) atoms. The lowest BCUT2D eigenvalue weighted by Gasteiger charge is -2.35. The van der Waals surface area contributed by atoms with Crippen molar-refractivity contribution in [2.75, 3.05) is 10.8 Å². The molecule has 0 aliphatic heterocycles. The first kappa shape index (κ1) is 32.8. The van der Waals surface area contributed by atoms with Gasteiger partial charge in [-0.25, -0.2) is 8.42 Å². The molecule has 1 N–H and O–H groups in total. The maximum absolute atomic E-state index is 14.3. The SMILES string of the molecule is CC[C@@H](C(=O)NC1CCCCC1)N(Cc1ccccc1Cl)C(=O)CN(c1cc(Cl)ccc1C)S(=O)(=O)c1ccc(C)cc1. The number of nitrogens with zero attached hydrogens (tertiary/aromatic N) is 2. The molecule has 230 valence electrons. The van der Waals surface area contributed by atoms with E-state index in [0.29, 0.717) is 33.3 Å². The van der Waals surface area contributed by atoms with Crippen LogP contribution in [0.3, 0.4) is 0 Å². The van der Waals surface area contributed by atoms with Crippen LogP contribution >= 0.6 is 23.2 Å². The standard InChI is InChI=1S/C33H39Cl2N3O4S/c1-4-30(33(40)36-27-11-6-5-7-12-27)37(21-25-10-8-9-13-29(25)35)32(39)22-38(31-20-26(34)17-16-24(31)3)43(41,42)28-18-14-23(2)15-19-28/h8-10,13-20,27,30H,4-7,11-12,21-22H2,1-3H3,(H,36,40)/t30-/m0/s1. The highest BCUT2D eigenvalue weighted by Gasteiger charge is 2.35. The van der Waals surface area contributed by atoms with Gasteiger partial charge in [0.15, 0.2) is 0 Å². The molecule has 1 aliphatic carbocycles. The molecule has 0 heterocycles. The Morgan fingerprint density at radius 3 is 2.28 bits per heavy atom. The van der Waals surface area contributed by atoms with Gasteiger partial charge in [-0.1, -0.05) is 91.3 Å². The monoisotopic (exact) mass is 643 g/mol. The summed E-state index contributed by atoms with van der Waals surface area (Å²) in [5.74, 6) is -0.776. The maximum Gasteiger partial charge on any atom is 0.264 e. The number of sulfonamides is 1. The molecule has 0 saturated heterocycles. The zero-order chi connectivity index (χ0) is 31.1. The van der Waals surface area contributed by atoms with Crippen molar-refractivity contribution in [3.8, 4) is 0 Å². The summed E-state index contributed by atoms with van der Waals surface area (Å²) in [5.41, 5.74) is 2.49. The first-order chi connectivity index (χ1) is 20.5. The molecule has 3 aromatic rings. The van der Waals surface area contributed by atoms with E-state index in [9.17, 15) is 18.0 Å². The lowest BCUT2D eigenvalue weighted by atomic mass is 9.95. The summed E-state index contributed by atoms with van der Waals surface area (Å²) >= 11 is 12.8. The Bertz CT molecular complexity index is 1540. The van der Waals surface area contributed by atoms with Crippen molar-refractivity contribution in [1.29, 1.82) is 0 Å². The highest BCUT2D eigenvalue weighted by Crippen LogP contribution is 2.31. The lowest BCUT2D eigenvalue weighted by molar-refractivity contribution is -0.140. The van der Waals surface area contributed by atoms with Crippen LogP contribution in [0, 0.1) is 13.8 Å². The van der Waals surface area contributed by atoms with Gasteiger partial charge in [0.25, 0.3) is 10.0 Å². The van der Waals surface area contributed by atoms with Crippen molar-refractivity contribution in [1.82, 2.24) is 10.2 Å². The Morgan fingerprint density at radius 2 is 1.63 bits per heavy atom. The molecule has 1 atom stereocenters. The van der Waals surface area contributed by atoms with E-state index < -0.39 is 28.5 Å². The molecule has 0 radical (unpaired) electrons. The molecule has 1 saturated carbocycles. The number of hydrogen-bond acceptors (Lipinski definition) is 4. The third kappa shape index (κ3) is 8.11. The Kier molecular flexibility index (Phi) is 11.2. The number of benzene rings is 3. The van der Waals surface area contributed by atoms with Crippen LogP contribution in [0.25, 0.3) is 0 Å². The van der Waals surface area contributed by atoms with Gasteiger partial charge in [0, 0.05) is 22.6 Å². The second kappa shape index (κ2) is 14.6. The van der Waals surface area contributed by atoms with Crippen molar-refractivity contribution in [3.63, 3.8) is 0 Å². The fourth-order valence-electron chi connectivity index (χ4n) is 5.48. The normalized spacial score (nSPS) is 14.6. The minimum atomic E-state index is -4.19. The minimum Gasteiger partial charge on any atom is -0.352 e. The molecule has 0 spiro atoms. The van der Waals surface area contributed by atoms with E-state index in [2.05, 4.69) is 5.32 Å². The van der Waals surface area contributed by atoms with Gasteiger partial charge < -0.3 is 10.2 Å². The van der Waals surface area contributed by atoms with Gasteiger partial charge in [-0.3, -0.25) is 13.9 Å². The topological polar surface area (TPSA) is 86.8 Å². The van der Waals surface area contributed by atoms with Crippen LogP contribution in [-0.4, -0.2) is 43.8 Å². The van der Waals surface area contributed by atoms with Gasteiger partial charge in [-0.2, -0.15) is 0 Å². The number of anilines is 1. The zero-order valence-corrected chi connectivity index (χ0v) is 27.2. The van der Waals surface area contributed by atoms with E-state index in [4.69, 9.17) is 23.2 Å². The van der Waals surface area contributed by atoms with Gasteiger partial charge >= 0.3 is 0 Å². The second-order valence-electron chi connectivity index (χ2n) is 11.1. The van der Waals surface area contributed by atoms with Crippen LogP contribution in [0.15, 0.2) is 71.6 Å². The Hall–Kier alpha value is -3.07. The molecule has 0 bridgehead atoms. The van der Waals surface area contributed by atoms with Crippen LogP contribution in [-0.2, 0) is 26.2 Å². The summed E-state index contributed by atoms with van der Waals surface area (Å²) in [7, 11) is -4.19. The Labute approximate surface area is 265 Å². The van der Waals surface area contributed by atoms with Crippen molar-refractivity contribution < 1.29 is 18.0 Å². The highest BCUT2D eigenvalue weighted by atomic mass is 35.5. The molecule has 0 unspecified atom stereocenters. The van der Waals surface area contributed by atoms with Gasteiger partial charge in [-0.15, -0.1) is 0 Å². The molecule has 10 heteroatoms. The average molecular weight is 645 g/mol. The van der Waals surface area contributed by atoms with Crippen LogP contribution in [0.4, 0.5) is 5.69 Å². The number of halogens is 2. The first-order valence-electron chi connectivity index (χ1n) is 14.7. The highest BCUT2D eigenvalue weighted by molar-refractivity contribution is 7.92. The van der Waals surface area contributed by atoms with E-state index >= 15 is 0 Å². The van der Waals surface area contributed by atoms with Gasteiger partial charge in [0.2, 0.25) is 11.8 Å². The minimum absolute atomic E-state index is 0.0437. The van der Waals surface area contributed by atoms with Crippen LogP contribution < -0.4 is 9.62 Å². The van der Waals surface area contributed by atoms with Gasteiger partial charge in [0.1, 0.15) is 12.6 Å². The summed E-state index contributed by atoms with van der Waals surface area (Å²) in [5, 5.41) is 3.95. The van der Waals surface area contributed by atoms with Crippen LogP contribution in [0.5, 0.6) is 0 Å². The largest absolute Gasteiger partial charge is 0.352 e. The van der Waals surface area contributed by atoms with E-state index in [1.54, 1.807) is 55.5 Å². The number of hydrogen-bond donors (Lipinski definition) is 1. The Morgan fingerprint density at radius 1 is 0.953 bits per heavy atom. The average Bonchev–Trinajstić information content (AvgIpc) is 2.98. The van der Waals surface area contributed by atoms with Crippen LogP contribution in [0.2, 0.25) is 10.0 Å². The van der Waals surface area contributed by atoms with Gasteiger partial charge in [-0.05, 0) is 74.6 Å². The second-order valence-corrected chi connectivity index (χ2v) is 13.8. The fourth-order valence-corrected chi connectivity index (χ4v) is 7.31. The molecular formula is C33H39Cl2N3O4S. The molecule has 1 aliphatic rings. The predicted molar refractivity (Wildman–Crippen MR) is 173 cm³/mol.